The van der Waals surface area contributed by atoms with Gasteiger partial charge in [0.15, 0.2) is 5.11 Å². The van der Waals surface area contributed by atoms with Crippen LogP contribution >= 0.6 is 23.8 Å². The molecule has 0 heterocycles. The Hall–Kier alpha value is -2.64. The van der Waals surface area contributed by atoms with Crippen molar-refractivity contribution < 1.29 is 19.4 Å². The number of thiocarbonyl (C=S) groups is 1. The van der Waals surface area contributed by atoms with Gasteiger partial charge in [-0.15, -0.1) is 0 Å². The molecule has 0 saturated heterocycles. The molecule has 0 bridgehead atoms. The molecule has 8 heteroatoms. The van der Waals surface area contributed by atoms with Crippen LogP contribution in [0.2, 0.25) is 5.02 Å². The number of halogens is 1. The number of hydrogen-bond donors (Lipinski definition) is 2. The van der Waals surface area contributed by atoms with Crippen molar-refractivity contribution in [1.82, 2.24) is 5.32 Å². The summed E-state index contributed by atoms with van der Waals surface area (Å²) in [6, 6.07) is 9.28. The van der Waals surface area contributed by atoms with Crippen molar-refractivity contribution >= 4 is 46.5 Å². The second-order valence-electron chi connectivity index (χ2n) is 5.25. The van der Waals surface area contributed by atoms with E-state index in [0.29, 0.717) is 34.2 Å². The molecule has 1 amide bonds. The lowest BCUT2D eigenvalue weighted by molar-refractivity contribution is -0.255. The highest BCUT2D eigenvalue weighted by atomic mass is 35.5. The first-order valence-corrected chi connectivity index (χ1v) is 8.47. The predicted octanol–water partition coefficient (Wildman–Crippen LogP) is 2.54. The van der Waals surface area contributed by atoms with Gasteiger partial charge in [-0.3, -0.25) is 10.1 Å². The smallest absolute Gasteiger partial charge is 0.257 e. The van der Waals surface area contributed by atoms with Gasteiger partial charge in [0.05, 0.1) is 17.6 Å². The first kappa shape index (κ1) is 19.7. The van der Waals surface area contributed by atoms with Crippen LogP contribution in [0.15, 0.2) is 36.4 Å². The molecule has 0 atom stereocenters. The van der Waals surface area contributed by atoms with Gasteiger partial charge in [-0.05, 0) is 55.9 Å². The third-order valence-corrected chi connectivity index (χ3v) is 4.02. The van der Waals surface area contributed by atoms with E-state index in [1.165, 1.54) is 12.1 Å². The van der Waals surface area contributed by atoms with Crippen LogP contribution < -0.4 is 20.5 Å². The van der Waals surface area contributed by atoms with Gasteiger partial charge in [0.1, 0.15) is 5.75 Å². The standard InChI is InChI=1S/C18H17ClN2O4S/c1-3-25-15-8-7-11(9-13(15)19)16(22)21-18(26)20-14-6-4-5-12(10(14)2)17(23)24/h4-9H,3H2,1-2H3,(H,23,24)(H2,20,21,22,26)/p-1. The normalized spacial score (nSPS) is 10.1. The van der Waals surface area contributed by atoms with Crippen LogP contribution in [0.4, 0.5) is 5.69 Å². The minimum absolute atomic E-state index is 0.0265. The molecule has 0 spiro atoms. The minimum Gasteiger partial charge on any atom is -0.545 e. The van der Waals surface area contributed by atoms with Crippen LogP contribution in [-0.2, 0) is 0 Å². The molecule has 26 heavy (non-hydrogen) atoms. The number of hydrogen-bond acceptors (Lipinski definition) is 5. The third kappa shape index (κ3) is 4.71. The minimum atomic E-state index is -1.29. The van der Waals surface area contributed by atoms with Crippen molar-refractivity contribution in [2.45, 2.75) is 13.8 Å². The van der Waals surface area contributed by atoms with Crippen molar-refractivity contribution in [1.29, 1.82) is 0 Å². The first-order chi connectivity index (χ1) is 12.3. The molecule has 0 aliphatic heterocycles. The molecule has 2 rings (SSSR count). The number of carbonyl (C=O) groups excluding carboxylic acids is 2. The quantitative estimate of drug-likeness (QED) is 0.761. The van der Waals surface area contributed by atoms with Gasteiger partial charge in [-0.1, -0.05) is 23.7 Å². The van der Waals surface area contributed by atoms with E-state index in [9.17, 15) is 14.7 Å². The zero-order chi connectivity index (χ0) is 19.3. The molecule has 0 unspecified atom stereocenters. The Morgan fingerprint density at radius 3 is 2.62 bits per heavy atom. The summed E-state index contributed by atoms with van der Waals surface area (Å²) in [6.45, 7) is 3.91. The summed E-state index contributed by atoms with van der Waals surface area (Å²) in [5.74, 6) is -1.26. The SMILES string of the molecule is CCOc1ccc(C(=O)NC(=S)Nc2cccc(C(=O)[O-])c2C)cc1Cl. The fourth-order valence-corrected chi connectivity index (χ4v) is 2.67. The zero-order valence-corrected chi connectivity index (χ0v) is 15.7. The van der Waals surface area contributed by atoms with Crippen molar-refractivity contribution in [3.05, 3.63) is 58.1 Å². The van der Waals surface area contributed by atoms with E-state index < -0.39 is 11.9 Å². The topological polar surface area (TPSA) is 90.5 Å². The average Bonchev–Trinajstić information content (AvgIpc) is 2.58. The molecule has 0 fully saturated rings. The summed E-state index contributed by atoms with van der Waals surface area (Å²) in [7, 11) is 0. The van der Waals surface area contributed by atoms with Crippen LogP contribution in [0.1, 0.15) is 33.2 Å². The molecule has 0 aromatic heterocycles. The highest BCUT2D eigenvalue weighted by Gasteiger charge is 2.12. The summed E-state index contributed by atoms with van der Waals surface area (Å²) in [5, 5.41) is 16.7. The van der Waals surface area contributed by atoms with Gasteiger partial charge < -0.3 is 20.0 Å². The zero-order valence-electron chi connectivity index (χ0n) is 14.1. The number of aromatic carboxylic acids is 1. The summed E-state index contributed by atoms with van der Waals surface area (Å²) >= 11 is 11.2. The van der Waals surface area contributed by atoms with Crippen molar-refractivity contribution in [2.75, 3.05) is 11.9 Å². The Kier molecular flexibility index (Phi) is 6.54. The number of carboxylic acid groups (broad SMARTS) is 1. The fraction of sp³-hybridized carbons (Fsp3) is 0.167. The number of carboxylic acids is 1. The van der Waals surface area contributed by atoms with E-state index in [0.717, 1.165) is 0 Å². The second kappa shape index (κ2) is 8.64. The number of benzene rings is 2. The molecule has 2 N–H and O–H groups in total. The summed E-state index contributed by atoms with van der Waals surface area (Å²) < 4.78 is 5.32. The molecular weight excluding hydrogens is 376 g/mol. The lowest BCUT2D eigenvalue weighted by Crippen LogP contribution is -2.34. The van der Waals surface area contributed by atoms with Crippen LogP contribution in [0.25, 0.3) is 0 Å². The maximum Gasteiger partial charge on any atom is 0.257 e. The molecule has 6 nitrogen and oxygen atoms in total. The Bertz CT molecular complexity index is 870. The van der Waals surface area contributed by atoms with Crippen LogP contribution in [0.5, 0.6) is 5.75 Å². The molecule has 2 aromatic rings. The van der Waals surface area contributed by atoms with E-state index in [1.54, 1.807) is 31.2 Å². The number of anilines is 1. The van der Waals surface area contributed by atoms with E-state index in [-0.39, 0.29) is 10.7 Å². The summed E-state index contributed by atoms with van der Waals surface area (Å²) in [4.78, 5) is 23.3. The highest BCUT2D eigenvalue weighted by Crippen LogP contribution is 2.25. The van der Waals surface area contributed by atoms with Gasteiger partial charge >= 0.3 is 0 Å². The van der Waals surface area contributed by atoms with Crippen molar-refractivity contribution in [3.8, 4) is 5.75 Å². The monoisotopic (exact) mass is 391 g/mol. The lowest BCUT2D eigenvalue weighted by atomic mass is 10.1. The molecule has 0 radical (unpaired) electrons. The number of nitrogens with one attached hydrogen (secondary N) is 2. The Morgan fingerprint density at radius 1 is 1.27 bits per heavy atom. The molecule has 136 valence electrons. The second-order valence-corrected chi connectivity index (χ2v) is 6.07. The van der Waals surface area contributed by atoms with Gasteiger partial charge in [0.25, 0.3) is 5.91 Å². The molecule has 0 aliphatic rings. The predicted molar refractivity (Wildman–Crippen MR) is 102 cm³/mol. The fourth-order valence-electron chi connectivity index (χ4n) is 2.24. The average molecular weight is 392 g/mol. The molecule has 0 aliphatic carbocycles. The molecular formula is C18H16ClN2O4S-. The largest absolute Gasteiger partial charge is 0.545 e. The van der Waals surface area contributed by atoms with E-state index >= 15 is 0 Å². The molecule has 0 saturated carbocycles. The van der Waals surface area contributed by atoms with Crippen LogP contribution in [0, 0.1) is 6.92 Å². The summed E-state index contributed by atoms with van der Waals surface area (Å²) in [5.41, 5.74) is 1.26. The van der Waals surface area contributed by atoms with Gasteiger partial charge in [0.2, 0.25) is 0 Å². The van der Waals surface area contributed by atoms with Crippen LogP contribution in [-0.4, -0.2) is 23.6 Å². The number of ether oxygens (including phenoxy) is 1. The van der Waals surface area contributed by atoms with Crippen LogP contribution in [0.3, 0.4) is 0 Å². The maximum absolute atomic E-state index is 12.3. The van der Waals surface area contributed by atoms with Gasteiger partial charge in [-0.2, -0.15) is 0 Å². The number of amides is 1. The van der Waals surface area contributed by atoms with Crippen molar-refractivity contribution in [3.63, 3.8) is 0 Å². The van der Waals surface area contributed by atoms with Crippen molar-refractivity contribution in [2.24, 2.45) is 0 Å². The van der Waals surface area contributed by atoms with Gasteiger partial charge in [-0.25, -0.2) is 0 Å². The van der Waals surface area contributed by atoms with E-state index in [4.69, 9.17) is 28.6 Å². The van der Waals surface area contributed by atoms with Gasteiger partial charge in [0, 0.05) is 16.8 Å². The number of carbonyl (C=O) groups is 2. The summed E-state index contributed by atoms with van der Waals surface area (Å²) in [6.07, 6.45) is 0. The Labute approximate surface area is 161 Å². The number of rotatable bonds is 5. The lowest BCUT2D eigenvalue weighted by Gasteiger charge is -2.15. The Balaban J connectivity index is 2.08. The maximum atomic E-state index is 12.3. The first-order valence-electron chi connectivity index (χ1n) is 7.69. The Morgan fingerprint density at radius 2 is 2.00 bits per heavy atom. The highest BCUT2D eigenvalue weighted by molar-refractivity contribution is 7.80. The third-order valence-electron chi connectivity index (χ3n) is 3.52. The molecule has 2 aromatic carbocycles. The van der Waals surface area contributed by atoms with E-state index in [1.807, 2.05) is 6.92 Å². The van der Waals surface area contributed by atoms with E-state index in [2.05, 4.69) is 10.6 Å².